The number of carbonyl (C=O) groups excluding carboxylic acids is 1. The number of ether oxygens (including phenoxy) is 1. The summed E-state index contributed by atoms with van der Waals surface area (Å²) >= 11 is 0. The van der Waals surface area contributed by atoms with E-state index in [1.54, 1.807) is 0 Å². The summed E-state index contributed by atoms with van der Waals surface area (Å²) in [6, 6.07) is 7.61. The third kappa shape index (κ3) is 5.64. The topological polar surface area (TPSA) is 127 Å². The summed E-state index contributed by atoms with van der Waals surface area (Å²) in [5, 5.41) is 35.1. The van der Waals surface area contributed by atoms with Crippen molar-refractivity contribution >= 4 is 23.0 Å². The largest absolute Gasteiger partial charge is 0.393 e. The fourth-order valence-electron chi connectivity index (χ4n) is 5.57. The van der Waals surface area contributed by atoms with Gasteiger partial charge in [-0.15, -0.1) is 0 Å². The number of amidine groups is 1. The minimum Gasteiger partial charge on any atom is -0.393 e. The fraction of sp³-hybridized carbons (Fsp3) is 0.607. The van der Waals surface area contributed by atoms with Gasteiger partial charge in [0.1, 0.15) is 0 Å². The van der Waals surface area contributed by atoms with E-state index in [1.807, 2.05) is 26.0 Å². The number of benzene rings is 1. The fourth-order valence-corrected chi connectivity index (χ4v) is 5.57. The van der Waals surface area contributed by atoms with Gasteiger partial charge < -0.3 is 25.6 Å². The van der Waals surface area contributed by atoms with E-state index in [9.17, 15) is 15.0 Å². The van der Waals surface area contributed by atoms with E-state index < -0.39 is 17.2 Å². The van der Waals surface area contributed by atoms with Crippen LogP contribution in [0.1, 0.15) is 76.8 Å². The Hall–Kier alpha value is -2.73. The molecule has 0 spiro atoms. The Bertz CT molecular complexity index is 1100. The molecule has 4 N–H and O–H groups in total. The third-order valence-corrected chi connectivity index (χ3v) is 7.71. The van der Waals surface area contributed by atoms with Crippen molar-refractivity contribution in [2.75, 3.05) is 25.1 Å². The molecule has 8 nitrogen and oxygen atoms in total. The van der Waals surface area contributed by atoms with Crippen molar-refractivity contribution in [1.82, 2.24) is 5.32 Å². The van der Waals surface area contributed by atoms with Gasteiger partial charge in [0.05, 0.1) is 37.0 Å². The summed E-state index contributed by atoms with van der Waals surface area (Å²) in [5.41, 5.74) is 2.74. The van der Waals surface area contributed by atoms with Gasteiger partial charge in [0, 0.05) is 11.3 Å². The zero-order valence-electron chi connectivity index (χ0n) is 21.7. The maximum atomic E-state index is 12.9. The molecule has 0 bridgehead atoms. The molecule has 1 amide bonds. The van der Waals surface area contributed by atoms with Gasteiger partial charge in [-0.05, 0) is 80.6 Å². The molecule has 4 atom stereocenters. The Morgan fingerprint density at radius 1 is 1.22 bits per heavy atom. The first-order valence-electron chi connectivity index (χ1n) is 12.8. The highest BCUT2D eigenvalue weighted by Gasteiger charge is 2.44. The van der Waals surface area contributed by atoms with Crippen molar-refractivity contribution in [2.24, 2.45) is 10.4 Å². The molecule has 3 aliphatic rings. The zero-order chi connectivity index (χ0) is 26.1. The van der Waals surface area contributed by atoms with Crippen molar-refractivity contribution in [1.29, 1.82) is 5.26 Å². The molecule has 4 rings (SSSR count). The second-order valence-electron chi connectivity index (χ2n) is 11.8. The van der Waals surface area contributed by atoms with E-state index in [0.717, 1.165) is 30.4 Å². The lowest BCUT2D eigenvalue weighted by Gasteiger charge is -2.47. The van der Waals surface area contributed by atoms with Gasteiger partial charge >= 0.3 is 0 Å². The molecule has 194 valence electrons. The summed E-state index contributed by atoms with van der Waals surface area (Å²) < 4.78 is 6.12. The van der Waals surface area contributed by atoms with E-state index in [1.165, 1.54) is 5.57 Å². The first kappa shape index (κ1) is 26.3. The van der Waals surface area contributed by atoms with Crippen LogP contribution in [0.5, 0.6) is 0 Å². The number of aliphatic hydroxyl groups is 2. The van der Waals surface area contributed by atoms with Crippen LogP contribution in [-0.4, -0.2) is 59.0 Å². The second-order valence-corrected chi connectivity index (χ2v) is 11.8. The smallest absolute Gasteiger partial charge is 0.290 e. The Morgan fingerprint density at radius 3 is 2.47 bits per heavy atom. The van der Waals surface area contributed by atoms with Crippen molar-refractivity contribution in [3.05, 3.63) is 35.4 Å². The average molecular weight is 495 g/mol. The van der Waals surface area contributed by atoms with E-state index in [-0.39, 0.29) is 36.3 Å². The van der Waals surface area contributed by atoms with E-state index in [0.29, 0.717) is 25.1 Å². The lowest BCUT2D eigenvalue weighted by molar-refractivity contribution is -0.208. The standard InChI is InChI=1S/C28H38N4O4/c1-26(2)9-7-18(8-10-26)22-11-19(20-12-27(3,16-33)36-28(4,13-20)17-34)5-6-23(22)32-25(35)24-30-15-21(14-29)31-24/h5-7,11,20-21,33-34H,8-10,12-13,15-17H2,1-4H3,(H,30,31)(H,32,35)/t20-,21?,27-,28+. The predicted molar refractivity (Wildman–Crippen MR) is 140 cm³/mol. The van der Waals surface area contributed by atoms with Crippen molar-refractivity contribution in [2.45, 2.75) is 83.0 Å². The maximum Gasteiger partial charge on any atom is 0.290 e. The first-order valence-corrected chi connectivity index (χ1v) is 12.8. The normalized spacial score (nSPS) is 31.6. The number of allylic oxidation sites excluding steroid dienone is 2. The number of hydrogen-bond acceptors (Lipinski definition) is 7. The van der Waals surface area contributed by atoms with Crippen LogP contribution < -0.4 is 10.6 Å². The third-order valence-electron chi connectivity index (χ3n) is 7.71. The molecule has 2 aliphatic heterocycles. The number of rotatable bonds is 6. The lowest BCUT2D eigenvalue weighted by atomic mass is 9.74. The summed E-state index contributed by atoms with van der Waals surface area (Å²) in [6.45, 7) is 8.39. The number of hydrogen-bond donors (Lipinski definition) is 4. The number of nitrogens with zero attached hydrogens (tertiary/aromatic N) is 2. The Morgan fingerprint density at radius 2 is 1.92 bits per heavy atom. The van der Waals surface area contributed by atoms with Crippen molar-refractivity contribution in [3.63, 3.8) is 0 Å². The van der Waals surface area contributed by atoms with Gasteiger partial charge in [-0.2, -0.15) is 5.26 Å². The Kier molecular flexibility index (Phi) is 7.29. The van der Waals surface area contributed by atoms with Gasteiger partial charge in [-0.3, -0.25) is 4.79 Å². The molecular formula is C28H38N4O4. The van der Waals surface area contributed by atoms with Crippen LogP contribution >= 0.6 is 0 Å². The lowest BCUT2D eigenvalue weighted by Crippen LogP contribution is -2.51. The Labute approximate surface area is 213 Å². The SMILES string of the molecule is CC1(C)CC=C(c2cc([C@@H]3C[C@](C)(CO)O[C@](C)(CO)C3)ccc2NC(=O)C2=NC(C#N)CN2)CC1. The highest BCUT2D eigenvalue weighted by Crippen LogP contribution is 2.46. The molecule has 1 aromatic rings. The molecule has 0 saturated carbocycles. The van der Waals surface area contributed by atoms with Gasteiger partial charge in [0.25, 0.3) is 5.91 Å². The van der Waals surface area contributed by atoms with Gasteiger partial charge in [-0.1, -0.05) is 26.0 Å². The molecule has 1 fully saturated rings. The number of aliphatic hydroxyl groups excluding tert-OH is 2. The summed E-state index contributed by atoms with van der Waals surface area (Å²) in [5.74, 6) is -0.100. The molecule has 1 saturated heterocycles. The van der Waals surface area contributed by atoms with Crippen LogP contribution in [-0.2, 0) is 9.53 Å². The van der Waals surface area contributed by atoms with Crippen LogP contribution in [0, 0.1) is 16.7 Å². The molecule has 1 aromatic carbocycles. The second kappa shape index (κ2) is 9.97. The van der Waals surface area contributed by atoms with Crippen LogP contribution in [0.4, 0.5) is 5.69 Å². The van der Waals surface area contributed by atoms with E-state index in [4.69, 9.17) is 10.00 Å². The van der Waals surface area contributed by atoms with Crippen LogP contribution in [0.3, 0.4) is 0 Å². The van der Waals surface area contributed by atoms with Gasteiger partial charge in [-0.25, -0.2) is 4.99 Å². The van der Waals surface area contributed by atoms with Crippen LogP contribution in [0.15, 0.2) is 29.3 Å². The number of aliphatic imine (C=N–C) groups is 1. The molecule has 0 radical (unpaired) electrons. The zero-order valence-corrected chi connectivity index (χ0v) is 21.7. The minimum atomic E-state index is -0.745. The molecule has 0 aromatic heterocycles. The number of nitrogens with one attached hydrogen (secondary N) is 2. The highest BCUT2D eigenvalue weighted by molar-refractivity contribution is 6.42. The van der Waals surface area contributed by atoms with Crippen LogP contribution in [0.25, 0.3) is 5.57 Å². The van der Waals surface area contributed by atoms with Crippen molar-refractivity contribution in [3.8, 4) is 6.07 Å². The van der Waals surface area contributed by atoms with Crippen molar-refractivity contribution < 1.29 is 19.7 Å². The molecule has 8 heteroatoms. The molecule has 2 heterocycles. The molecule has 1 aliphatic carbocycles. The van der Waals surface area contributed by atoms with Crippen LogP contribution in [0.2, 0.25) is 0 Å². The minimum absolute atomic E-state index is 0.0782. The number of amides is 1. The highest BCUT2D eigenvalue weighted by atomic mass is 16.5. The average Bonchev–Trinajstić information content (AvgIpc) is 3.34. The van der Waals surface area contributed by atoms with Gasteiger partial charge in [0.2, 0.25) is 0 Å². The maximum absolute atomic E-state index is 12.9. The number of anilines is 1. The molecule has 36 heavy (non-hydrogen) atoms. The summed E-state index contributed by atoms with van der Waals surface area (Å²) in [6.07, 6.45) is 6.46. The number of nitriles is 1. The number of carbonyl (C=O) groups is 1. The van der Waals surface area contributed by atoms with Gasteiger partial charge in [0.15, 0.2) is 11.9 Å². The van der Waals surface area contributed by atoms with E-state index >= 15 is 0 Å². The summed E-state index contributed by atoms with van der Waals surface area (Å²) in [7, 11) is 0. The molecule has 1 unspecified atom stereocenters. The molecular weight excluding hydrogens is 456 g/mol. The monoisotopic (exact) mass is 494 g/mol. The quantitative estimate of drug-likeness (QED) is 0.479. The van der Waals surface area contributed by atoms with E-state index in [2.05, 4.69) is 47.7 Å². The predicted octanol–water partition coefficient (Wildman–Crippen LogP) is 3.51. The first-order chi connectivity index (χ1) is 17.0. The Balaban J connectivity index is 1.69. The summed E-state index contributed by atoms with van der Waals surface area (Å²) in [4.78, 5) is 17.1.